The van der Waals surface area contributed by atoms with Crippen molar-refractivity contribution in [3.63, 3.8) is 0 Å². The van der Waals surface area contributed by atoms with Crippen molar-refractivity contribution in [3.8, 4) is 11.3 Å². The van der Waals surface area contributed by atoms with E-state index in [2.05, 4.69) is 61.0 Å². The third kappa shape index (κ3) is 2.70. The summed E-state index contributed by atoms with van der Waals surface area (Å²) in [6, 6.07) is 12.5. The van der Waals surface area contributed by atoms with Gasteiger partial charge in [0.05, 0.1) is 5.69 Å². The number of rotatable bonds is 2. The largest absolute Gasteiger partial charge is 0.255 e. The van der Waals surface area contributed by atoms with Crippen molar-refractivity contribution in [2.24, 2.45) is 0 Å². The van der Waals surface area contributed by atoms with Crippen LogP contribution in [0.3, 0.4) is 0 Å². The maximum absolute atomic E-state index is 4.60. The van der Waals surface area contributed by atoms with Crippen LogP contribution in [-0.2, 0) is 0 Å². The van der Waals surface area contributed by atoms with E-state index < -0.39 is 10.0 Å². The summed E-state index contributed by atoms with van der Waals surface area (Å²) in [6.45, 7) is 2.18. The molecule has 0 spiro atoms. The first-order valence-corrected chi connectivity index (χ1v) is 8.55. The van der Waals surface area contributed by atoms with Crippen LogP contribution in [0.2, 0.25) is 0 Å². The van der Waals surface area contributed by atoms with Gasteiger partial charge in [0, 0.05) is 16.7 Å². The lowest BCUT2D eigenvalue weighted by molar-refractivity contribution is 1.17. The Labute approximate surface area is 105 Å². The van der Waals surface area contributed by atoms with E-state index in [1.54, 1.807) is 0 Å². The summed E-state index contributed by atoms with van der Waals surface area (Å²) in [5, 5.41) is 0. The maximum atomic E-state index is 4.60. The van der Waals surface area contributed by atoms with Gasteiger partial charge in [0.1, 0.15) is 0 Å². The third-order valence-electron chi connectivity index (χ3n) is 2.79. The smallest absolute Gasteiger partial charge is 0.0705 e. The molecule has 0 fully saturated rings. The van der Waals surface area contributed by atoms with Gasteiger partial charge in [-0.1, -0.05) is 30.3 Å². The van der Waals surface area contributed by atoms with Crippen LogP contribution in [0.15, 0.2) is 47.5 Å². The van der Waals surface area contributed by atoms with Crippen LogP contribution in [0.25, 0.3) is 11.3 Å². The predicted octanol–water partition coefficient (Wildman–Crippen LogP) is 4.11. The quantitative estimate of drug-likeness (QED) is 0.776. The van der Waals surface area contributed by atoms with Crippen LogP contribution in [-0.4, -0.2) is 23.8 Å². The number of hydrogen-bond donors (Lipinski definition) is 0. The Hall–Kier alpha value is -1.28. The Morgan fingerprint density at radius 3 is 2.18 bits per heavy atom. The molecule has 0 N–H and O–H groups in total. The number of aryl methyl sites for hydroxylation is 1. The lowest BCUT2D eigenvalue weighted by Crippen LogP contribution is -1.98. The van der Waals surface area contributed by atoms with E-state index in [1.165, 1.54) is 16.0 Å². The number of hydrogen-bond acceptors (Lipinski definition) is 1. The van der Waals surface area contributed by atoms with Crippen molar-refractivity contribution in [1.29, 1.82) is 0 Å². The lowest BCUT2D eigenvalue weighted by Gasteiger charge is -2.27. The Morgan fingerprint density at radius 1 is 1.00 bits per heavy atom. The Balaban J connectivity index is 2.45. The predicted molar refractivity (Wildman–Crippen MR) is 78.0 cm³/mol. The zero-order valence-electron chi connectivity index (χ0n) is 10.9. The molecule has 2 rings (SSSR count). The second-order valence-electron chi connectivity index (χ2n) is 5.04. The number of pyridine rings is 1. The van der Waals surface area contributed by atoms with E-state index in [1.807, 2.05) is 12.3 Å². The second kappa shape index (κ2) is 4.53. The molecule has 1 aromatic heterocycles. The van der Waals surface area contributed by atoms with Gasteiger partial charge < -0.3 is 0 Å². The van der Waals surface area contributed by atoms with Crippen molar-refractivity contribution in [3.05, 3.63) is 48.2 Å². The fraction of sp³-hybridized carbons (Fsp3) is 0.267. The van der Waals surface area contributed by atoms with Crippen LogP contribution in [0, 0.1) is 6.92 Å². The van der Waals surface area contributed by atoms with Gasteiger partial charge in [-0.15, -0.1) is 0 Å². The van der Waals surface area contributed by atoms with Gasteiger partial charge in [0.15, 0.2) is 0 Å². The molecule has 0 amide bonds. The van der Waals surface area contributed by atoms with E-state index in [0.29, 0.717) is 0 Å². The lowest BCUT2D eigenvalue weighted by atomic mass is 10.1. The van der Waals surface area contributed by atoms with Gasteiger partial charge in [0.25, 0.3) is 0 Å². The molecule has 17 heavy (non-hydrogen) atoms. The molecule has 2 aromatic rings. The number of benzene rings is 1. The highest BCUT2D eigenvalue weighted by Gasteiger charge is 2.12. The standard InChI is InChI=1S/C15H19NS/c1-12-10-14(13-8-6-5-7-9-13)16-11-15(12)17(2,3)4/h5-11H,1-4H3. The SMILES string of the molecule is Cc1cc(-c2ccccc2)ncc1S(C)(C)C. The molecule has 0 radical (unpaired) electrons. The van der Waals surface area contributed by atoms with E-state index in [4.69, 9.17) is 0 Å². The van der Waals surface area contributed by atoms with Crippen LogP contribution < -0.4 is 0 Å². The molecule has 0 aliphatic heterocycles. The van der Waals surface area contributed by atoms with Crippen LogP contribution >= 0.6 is 10.0 Å². The molecule has 0 atom stereocenters. The molecular weight excluding hydrogens is 226 g/mol. The van der Waals surface area contributed by atoms with Gasteiger partial charge in [0.2, 0.25) is 0 Å². The van der Waals surface area contributed by atoms with Crippen molar-refractivity contribution in [2.45, 2.75) is 11.8 Å². The summed E-state index contributed by atoms with van der Waals surface area (Å²) in [5.74, 6) is 0. The second-order valence-corrected chi connectivity index (χ2v) is 9.15. The van der Waals surface area contributed by atoms with Crippen molar-refractivity contribution in [1.82, 2.24) is 4.98 Å². The molecule has 0 bridgehead atoms. The molecule has 0 saturated carbocycles. The number of nitrogens with zero attached hydrogens (tertiary/aromatic N) is 1. The van der Waals surface area contributed by atoms with Crippen LogP contribution in [0.4, 0.5) is 0 Å². The molecule has 0 aliphatic carbocycles. The van der Waals surface area contributed by atoms with E-state index in [-0.39, 0.29) is 0 Å². The minimum absolute atomic E-state index is 0.695. The molecule has 1 nitrogen and oxygen atoms in total. The Kier molecular flexibility index (Phi) is 3.25. The summed E-state index contributed by atoms with van der Waals surface area (Å²) >= 11 is 0. The van der Waals surface area contributed by atoms with Crippen molar-refractivity contribution >= 4 is 10.0 Å². The fourth-order valence-corrected chi connectivity index (χ4v) is 3.35. The van der Waals surface area contributed by atoms with Gasteiger partial charge in [-0.25, -0.2) is 10.0 Å². The minimum atomic E-state index is -0.695. The Bertz CT molecular complexity index is 512. The highest BCUT2D eigenvalue weighted by molar-refractivity contribution is 8.32. The highest BCUT2D eigenvalue weighted by atomic mass is 32.3. The fourth-order valence-electron chi connectivity index (χ4n) is 1.95. The van der Waals surface area contributed by atoms with Gasteiger partial charge in [-0.05, 0) is 37.3 Å². The van der Waals surface area contributed by atoms with Crippen LogP contribution in [0.1, 0.15) is 5.56 Å². The first kappa shape index (κ1) is 12.2. The first-order chi connectivity index (χ1) is 7.98. The third-order valence-corrected chi connectivity index (χ3v) is 4.54. The first-order valence-electron chi connectivity index (χ1n) is 5.69. The summed E-state index contributed by atoms with van der Waals surface area (Å²) in [5.41, 5.74) is 3.60. The molecular formula is C15H19NS. The summed E-state index contributed by atoms with van der Waals surface area (Å²) in [6.07, 6.45) is 8.96. The highest BCUT2D eigenvalue weighted by Crippen LogP contribution is 2.46. The summed E-state index contributed by atoms with van der Waals surface area (Å²) < 4.78 is 0. The number of aromatic nitrogens is 1. The Morgan fingerprint density at radius 2 is 1.65 bits per heavy atom. The van der Waals surface area contributed by atoms with E-state index >= 15 is 0 Å². The molecule has 1 aromatic carbocycles. The van der Waals surface area contributed by atoms with Crippen molar-refractivity contribution in [2.75, 3.05) is 18.8 Å². The molecule has 90 valence electrons. The zero-order valence-corrected chi connectivity index (χ0v) is 11.7. The van der Waals surface area contributed by atoms with E-state index in [0.717, 1.165) is 5.69 Å². The summed E-state index contributed by atoms with van der Waals surface area (Å²) in [7, 11) is -0.695. The van der Waals surface area contributed by atoms with Crippen molar-refractivity contribution < 1.29 is 0 Å². The molecule has 0 aliphatic rings. The zero-order chi connectivity index (χ0) is 12.5. The van der Waals surface area contributed by atoms with Crippen LogP contribution in [0.5, 0.6) is 0 Å². The molecule has 0 saturated heterocycles. The van der Waals surface area contributed by atoms with E-state index in [9.17, 15) is 0 Å². The molecule has 0 unspecified atom stereocenters. The normalized spacial score (nSPS) is 12.5. The maximum Gasteiger partial charge on any atom is 0.0705 e. The average Bonchev–Trinajstić information content (AvgIpc) is 2.28. The molecule has 2 heteroatoms. The molecule has 1 heterocycles. The monoisotopic (exact) mass is 245 g/mol. The topological polar surface area (TPSA) is 12.9 Å². The van der Waals surface area contributed by atoms with Gasteiger partial charge >= 0.3 is 0 Å². The average molecular weight is 245 g/mol. The van der Waals surface area contributed by atoms with Gasteiger partial charge in [-0.3, -0.25) is 4.98 Å². The minimum Gasteiger partial charge on any atom is -0.255 e. The summed E-state index contributed by atoms with van der Waals surface area (Å²) in [4.78, 5) is 6.00. The van der Waals surface area contributed by atoms with Gasteiger partial charge in [-0.2, -0.15) is 0 Å².